The van der Waals surface area contributed by atoms with Crippen LogP contribution in [0.2, 0.25) is 0 Å². The molecule has 1 N–H and O–H groups in total. The van der Waals surface area contributed by atoms with Gasteiger partial charge in [-0.1, -0.05) is 74.5 Å². The molecule has 0 saturated carbocycles. The van der Waals surface area contributed by atoms with Crippen LogP contribution >= 0.6 is 0 Å². The van der Waals surface area contributed by atoms with Crippen LogP contribution in [-0.4, -0.2) is 8.42 Å². The molecule has 0 unspecified atom stereocenters. The number of hydrogen-bond acceptors (Lipinski definition) is 2. The Morgan fingerprint density at radius 1 is 0.909 bits per heavy atom. The molecule has 3 nitrogen and oxygen atoms in total. The standard InChI is InChI=1S/C18H23NO2S/c1-15(2)13-18(17-11-7-4-8-12-17)19-22(20,21)14-16-9-5-3-6-10-16/h3-12,15,18-19H,13-14H2,1-2H3/t18-/m1/s1. The fraction of sp³-hybridized carbons (Fsp3) is 0.333. The minimum Gasteiger partial charge on any atom is -0.212 e. The van der Waals surface area contributed by atoms with E-state index in [-0.39, 0.29) is 11.8 Å². The van der Waals surface area contributed by atoms with Gasteiger partial charge in [-0.25, -0.2) is 13.1 Å². The molecule has 0 radical (unpaired) electrons. The van der Waals surface area contributed by atoms with Gasteiger partial charge in [0.05, 0.1) is 5.75 Å². The Morgan fingerprint density at radius 3 is 2.00 bits per heavy atom. The number of sulfonamides is 1. The van der Waals surface area contributed by atoms with Gasteiger partial charge in [0.25, 0.3) is 0 Å². The van der Waals surface area contributed by atoms with Gasteiger partial charge in [-0.05, 0) is 23.5 Å². The first-order valence-electron chi connectivity index (χ1n) is 7.55. The second-order valence-corrected chi connectivity index (χ2v) is 7.71. The minimum atomic E-state index is -3.38. The molecule has 2 aromatic rings. The van der Waals surface area contributed by atoms with E-state index >= 15 is 0 Å². The highest BCUT2D eigenvalue weighted by Gasteiger charge is 2.20. The van der Waals surface area contributed by atoms with Gasteiger partial charge in [0, 0.05) is 6.04 Å². The van der Waals surface area contributed by atoms with Crippen molar-refractivity contribution in [3.63, 3.8) is 0 Å². The zero-order chi connectivity index (χ0) is 16.0. The molecule has 1 atom stereocenters. The Balaban J connectivity index is 2.15. The van der Waals surface area contributed by atoms with Crippen LogP contribution in [-0.2, 0) is 15.8 Å². The van der Waals surface area contributed by atoms with Gasteiger partial charge in [-0.15, -0.1) is 0 Å². The summed E-state index contributed by atoms with van der Waals surface area (Å²) in [5, 5.41) is 0. The van der Waals surface area contributed by atoms with E-state index in [9.17, 15) is 8.42 Å². The van der Waals surface area contributed by atoms with E-state index in [1.165, 1.54) is 0 Å². The maximum atomic E-state index is 12.5. The van der Waals surface area contributed by atoms with Crippen molar-refractivity contribution in [1.82, 2.24) is 4.72 Å². The van der Waals surface area contributed by atoms with Crippen molar-refractivity contribution in [1.29, 1.82) is 0 Å². The summed E-state index contributed by atoms with van der Waals surface area (Å²) in [4.78, 5) is 0. The van der Waals surface area contributed by atoms with Crippen LogP contribution in [0, 0.1) is 5.92 Å². The van der Waals surface area contributed by atoms with Crippen molar-refractivity contribution < 1.29 is 8.42 Å². The van der Waals surface area contributed by atoms with Crippen molar-refractivity contribution in [3.05, 3.63) is 71.8 Å². The minimum absolute atomic E-state index is 0.00920. The molecule has 0 aliphatic rings. The second-order valence-electron chi connectivity index (χ2n) is 5.96. The summed E-state index contributed by atoms with van der Waals surface area (Å²) >= 11 is 0. The Morgan fingerprint density at radius 2 is 1.45 bits per heavy atom. The maximum absolute atomic E-state index is 12.5. The average molecular weight is 317 g/mol. The number of nitrogens with one attached hydrogen (secondary N) is 1. The van der Waals surface area contributed by atoms with E-state index in [4.69, 9.17) is 0 Å². The monoisotopic (exact) mass is 317 g/mol. The molecule has 0 saturated heterocycles. The van der Waals surface area contributed by atoms with E-state index in [2.05, 4.69) is 18.6 Å². The van der Waals surface area contributed by atoms with Gasteiger partial charge in [-0.3, -0.25) is 0 Å². The molecular weight excluding hydrogens is 294 g/mol. The van der Waals surface area contributed by atoms with Crippen molar-refractivity contribution in [2.45, 2.75) is 32.1 Å². The normalized spacial score (nSPS) is 13.2. The third-order valence-electron chi connectivity index (χ3n) is 3.43. The van der Waals surface area contributed by atoms with Gasteiger partial charge in [-0.2, -0.15) is 0 Å². The van der Waals surface area contributed by atoms with E-state index in [0.717, 1.165) is 17.5 Å². The summed E-state index contributed by atoms with van der Waals surface area (Å²) in [7, 11) is -3.38. The SMILES string of the molecule is CC(C)C[C@@H](NS(=O)(=O)Cc1ccccc1)c1ccccc1. The van der Waals surface area contributed by atoms with Crippen molar-refractivity contribution in [2.24, 2.45) is 5.92 Å². The lowest BCUT2D eigenvalue weighted by Crippen LogP contribution is -2.30. The predicted octanol–water partition coefficient (Wildman–Crippen LogP) is 3.89. The van der Waals surface area contributed by atoms with Gasteiger partial charge < -0.3 is 0 Å². The Kier molecular flexibility index (Phi) is 5.75. The zero-order valence-corrected chi connectivity index (χ0v) is 13.9. The van der Waals surface area contributed by atoms with Gasteiger partial charge in [0.2, 0.25) is 10.0 Å². The van der Waals surface area contributed by atoms with E-state index in [1.54, 1.807) is 0 Å². The first kappa shape index (κ1) is 16.7. The Bertz CT molecular complexity index is 667. The molecule has 2 rings (SSSR count). The molecule has 4 heteroatoms. The third kappa shape index (κ3) is 5.28. The van der Waals surface area contributed by atoms with Crippen LogP contribution < -0.4 is 4.72 Å². The summed E-state index contributed by atoms with van der Waals surface area (Å²) in [6.45, 7) is 4.20. The summed E-state index contributed by atoms with van der Waals surface area (Å²) in [6.07, 6.45) is 0.776. The molecule has 118 valence electrons. The van der Waals surface area contributed by atoms with Crippen LogP contribution in [0.4, 0.5) is 0 Å². The summed E-state index contributed by atoms with van der Waals surface area (Å²) in [5.74, 6) is 0.416. The highest BCUT2D eigenvalue weighted by atomic mass is 32.2. The first-order valence-corrected chi connectivity index (χ1v) is 9.20. The highest BCUT2D eigenvalue weighted by molar-refractivity contribution is 7.88. The quantitative estimate of drug-likeness (QED) is 0.842. The van der Waals surface area contributed by atoms with E-state index in [0.29, 0.717) is 5.92 Å². The summed E-state index contributed by atoms with van der Waals surface area (Å²) in [6, 6.07) is 18.8. The first-order chi connectivity index (χ1) is 10.5. The lowest BCUT2D eigenvalue weighted by Gasteiger charge is -2.21. The fourth-order valence-electron chi connectivity index (χ4n) is 2.46. The Labute approximate surface area is 133 Å². The largest absolute Gasteiger partial charge is 0.216 e. The van der Waals surface area contributed by atoms with Crippen LogP contribution in [0.25, 0.3) is 0 Å². The summed E-state index contributed by atoms with van der Waals surface area (Å²) in [5.41, 5.74) is 1.80. The molecule has 22 heavy (non-hydrogen) atoms. The predicted molar refractivity (Wildman–Crippen MR) is 90.8 cm³/mol. The van der Waals surface area contributed by atoms with Crippen molar-refractivity contribution >= 4 is 10.0 Å². The molecule has 0 aliphatic heterocycles. The molecule has 0 spiro atoms. The molecule has 0 amide bonds. The second kappa shape index (κ2) is 7.56. The average Bonchev–Trinajstić information content (AvgIpc) is 2.47. The smallest absolute Gasteiger partial charge is 0.212 e. The van der Waals surface area contributed by atoms with Gasteiger partial charge >= 0.3 is 0 Å². The van der Waals surface area contributed by atoms with Crippen molar-refractivity contribution in [2.75, 3.05) is 0 Å². The maximum Gasteiger partial charge on any atom is 0.216 e. The number of rotatable bonds is 7. The lowest BCUT2D eigenvalue weighted by molar-refractivity contribution is 0.472. The Hall–Kier alpha value is -1.65. The molecule has 2 aromatic carbocycles. The van der Waals surface area contributed by atoms with Crippen LogP contribution in [0.1, 0.15) is 37.4 Å². The van der Waals surface area contributed by atoms with Gasteiger partial charge in [0.15, 0.2) is 0 Å². The zero-order valence-electron chi connectivity index (χ0n) is 13.1. The number of hydrogen-bond donors (Lipinski definition) is 1. The van der Waals surface area contributed by atoms with Crippen LogP contribution in [0.3, 0.4) is 0 Å². The lowest BCUT2D eigenvalue weighted by atomic mass is 9.98. The third-order valence-corrected chi connectivity index (χ3v) is 4.79. The van der Waals surface area contributed by atoms with Crippen LogP contribution in [0.15, 0.2) is 60.7 Å². The molecule has 0 heterocycles. The van der Waals surface area contributed by atoms with E-state index < -0.39 is 10.0 Å². The molecule has 0 aliphatic carbocycles. The molecular formula is C18H23NO2S. The molecule has 0 fully saturated rings. The molecule has 0 bridgehead atoms. The van der Waals surface area contributed by atoms with Gasteiger partial charge in [0.1, 0.15) is 0 Å². The summed E-state index contributed by atoms with van der Waals surface area (Å²) < 4.78 is 27.8. The topological polar surface area (TPSA) is 46.2 Å². The molecule has 0 aromatic heterocycles. The van der Waals surface area contributed by atoms with E-state index in [1.807, 2.05) is 60.7 Å². The highest BCUT2D eigenvalue weighted by Crippen LogP contribution is 2.22. The van der Waals surface area contributed by atoms with Crippen molar-refractivity contribution in [3.8, 4) is 0 Å². The van der Waals surface area contributed by atoms with Crippen LogP contribution in [0.5, 0.6) is 0 Å². The fourth-order valence-corrected chi connectivity index (χ4v) is 3.84. The number of benzene rings is 2.